The van der Waals surface area contributed by atoms with Gasteiger partial charge in [0.1, 0.15) is 11.5 Å². The topological polar surface area (TPSA) is 108 Å². The molecule has 33 heavy (non-hydrogen) atoms. The van der Waals surface area contributed by atoms with Crippen LogP contribution in [0.3, 0.4) is 0 Å². The van der Waals surface area contributed by atoms with Crippen LogP contribution >= 0.6 is 0 Å². The number of carboxylic acids is 1. The summed E-state index contributed by atoms with van der Waals surface area (Å²) < 4.78 is 5.85. The lowest BCUT2D eigenvalue weighted by Gasteiger charge is -2.43. The number of piperidine rings is 1. The Morgan fingerprint density at radius 2 is 1.58 bits per heavy atom. The zero-order valence-corrected chi connectivity index (χ0v) is 18.4. The molecule has 172 valence electrons. The summed E-state index contributed by atoms with van der Waals surface area (Å²) in [6.45, 7) is 2.22. The number of carboxylic acid groups (broad SMARTS) is 1. The molecule has 7 heteroatoms. The number of carbonyl (C=O) groups excluding carboxylic acids is 1. The summed E-state index contributed by atoms with van der Waals surface area (Å²) in [6, 6.07) is 26.2. The molecule has 2 atom stereocenters. The Bertz CT molecular complexity index is 1050. The quantitative estimate of drug-likeness (QED) is 0.476. The van der Waals surface area contributed by atoms with Crippen molar-refractivity contribution in [3.05, 3.63) is 96.1 Å². The number of para-hydroxylation sites is 1. The van der Waals surface area contributed by atoms with Crippen molar-refractivity contribution in [2.75, 3.05) is 13.1 Å². The van der Waals surface area contributed by atoms with E-state index in [0.717, 1.165) is 12.5 Å². The van der Waals surface area contributed by atoms with Gasteiger partial charge in [0, 0.05) is 19.0 Å². The molecular weight excluding hydrogens is 420 g/mol. The highest BCUT2D eigenvalue weighted by Gasteiger charge is 2.42. The number of β-amino-alcohol motifs (C(OH)–C–C–N with tert-alkyl or cyclic N) is 1. The van der Waals surface area contributed by atoms with Crippen LogP contribution in [0.5, 0.6) is 11.5 Å². The summed E-state index contributed by atoms with van der Waals surface area (Å²) in [5, 5.41) is 24.5. The van der Waals surface area contributed by atoms with Crippen molar-refractivity contribution in [3.63, 3.8) is 0 Å². The van der Waals surface area contributed by atoms with Gasteiger partial charge in [0.15, 0.2) is 0 Å². The lowest BCUT2D eigenvalue weighted by molar-refractivity contribution is -0.134. The van der Waals surface area contributed by atoms with Gasteiger partial charge in [0.25, 0.3) is 11.9 Å². The highest BCUT2D eigenvalue weighted by atomic mass is 16.5. The molecule has 0 aliphatic carbocycles. The van der Waals surface area contributed by atoms with Crippen molar-refractivity contribution in [1.82, 2.24) is 10.6 Å². The molecule has 4 N–H and O–H groups in total. The Morgan fingerprint density at radius 3 is 2.21 bits per heavy atom. The van der Waals surface area contributed by atoms with Gasteiger partial charge in [0.05, 0.1) is 11.6 Å². The maximum Gasteiger partial charge on any atom is 0.300 e. The third-order valence-corrected chi connectivity index (χ3v) is 5.30. The predicted molar refractivity (Wildman–Crippen MR) is 125 cm³/mol. The number of aliphatic carboxylic acids is 1. The molecule has 0 spiro atoms. The van der Waals surface area contributed by atoms with Gasteiger partial charge in [-0.05, 0) is 48.9 Å². The number of ether oxygens (including phenoxy) is 1. The second-order valence-electron chi connectivity index (χ2n) is 7.72. The second kappa shape index (κ2) is 11.3. The van der Waals surface area contributed by atoms with Crippen LogP contribution in [0.15, 0.2) is 84.9 Å². The summed E-state index contributed by atoms with van der Waals surface area (Å²) in [5.74, 6) is 0.219. The highest BCUT2D eigenvalue weighted by molar-refractivity contribution is 5.95. The Kier molecular flexibility index (Phi) is 8.18. The van der Waals surface area contributed by atoms with Crippen LogP contribution in [0.25, 0.3) is 0 Å². The largest absolute Gasteiger partial charge is 0.481 e. The molecule has 3 aromatic carbocycles. The molecule has 0 saturated carbocycles. The first-order valence-corrected chi connectivity index (χ1v) is 10.7. The smallest absolute Gasteiger partial charge is 0.300 e. The van der Waals surface area contributed by atoms with Crippen LogP contribution in [0.1, 0.15) is 29.3 Å². The molecule has 7 nitrogen and oxygen atoms in total. The van der Waals surface area contributed by atoms with E-state index in [4.69, 9.17) is 14.6 Å². The van der Waals surface area contributed by atoms with E-state index in [1.807, 2.05) is 66.7 Å². The summed E-state index contributed by atoms with van der Waals surface area (Å²) >= 11 is 0. The normalized spacial score (nSPS) is 19.5. The van der Waals surface area contributed by atoms with E-state index < -0.39 is 17.6 Å². The number of aliphatic hydroxyl groups excluding tert-OH is 1. The minimum Gasteiger partial charge on any atom is -0.481 e. The van der Waals surface area contributed by atoms with Gasteiger partial charge in [-0.3, -0.25) is 9.59 Å². The van der Waals surface area contributed by atoms with Crippen LogP contribution in [0, 0.1) is 0 Å². The molecule has 0 unspecified atom stereocenters. The lowest BCUT2D eigenvalue weighted by Crippen LogP contribution is -2.61. The minimum atomic E-state index is -0.833. The predicted octanol–water partition coefficient (Wildman–Crippen LogP) is 3.55. The minimum absolute atomic E-state index is 0.242. The summed E-state index contributed by atoms with van der Waals surface area (Å²) in [4.78, 5) is 22.1. The molecule has 0 radical (unpaired) electrons. The van der Waals surface area contributed by atoms with Gasteiger partial charge in [-0.25, -0.2) is 0 Å². The number of hydrogen-bond donors (Lipinski definition) is 4. The van der Waals surface area contributed by atoms with Crippen LogP contribution in [-0.4, -0.2) is 41.3 Å². The second-order valence-corrected chi connectivity index (χ2v) is 7.72. The molecule has 1 amide bonds. The molecular formula is C26H28N2O5. The van der Waals surface area contributed by atoms with Gasteiger partial charge in [0.2, 0.25) is 0 Å². The fourth-order valence-corrected chi connectivity index (χ4v) is 3.76. The number of benzene rings is 3. The van der Waals surface area contributed by atoms with E-state index in [1.54, 1.807) is 18.2 Å². The Balaban J connectivity index is 0.000000709. The molecule has 3 aromatic rings. The average Bonchev–Trinajstić information content (AvgIpc) is 2.82. The van der Waals surface area contributed by atoms with E-state index >= 15 is 0 Å². The summed E-state index contributed by atoms with van der Waals surface area (Å²) in [5.41, 5.74) is 0.554. The highest BCUT2D eigenvalue weighted by Crippen LogP contribution is 2.32. The van der Waals surface area contributed by atoms with Gasteiger partial charge >= 0.3 is 0 Å². The number of aliphatic hydroxyl groups is 1. The van der Waals surface area contributed by atoms with Gasteiger partial charge in [-0.1, -0.05) is 54.6 Å². The average molecular weight is 449 g/mol. The maximum atomic E-state index is 13.1. The molecule has 1 heterocycles. The van der Waals surface area contributed by atoms with E-state index in [-0.39, 0.29) is 5.91 Å². The van der Waals surface area contributed by atoms with Gasteiger partial charge < -0.3 is 25.6 Å². The Labute approximate surface area is 193 Å². The molecule has 1 aliphatic rings. The number of hydrogen-bond acceptors (Lipinski definition) is 5. The fourth-order valence-electron chi connectivity index (χ4n) is 3.76. The van der Waals surface area contributed by atoms with Crippen molar-refractivity contribution in [1.29, 1.82) is 0 Å². The van der Waals surface area contributed by atoms with E-state index in [2.05, 4.69) is 10.6 Å². The first-order valence-electron chi connectivity index (χ1n) is 10.7. The number of amides is 1. The van der Waals surface area contributed by atoms with Crippen molar-refractivity contribution < 1.29 is 24.5 Å². The summed E-state index contributed by atoms with van der Waals surface area (Å²) in [7, 11) is 0. The zero-order chi connectivity index (χ0) is 23.7. The first kappa shape index (κ1) is 24.0. The standard InChI is InChI=1S/C24H24N2O3.C2H4O2/c27-22-17-25-15-14-24(22,19-9-3-1-4-10-19)26-23(28)18-8-7-13-21(16-18)29-20-11-5-2-6-12-20;1-2(3)4/h1-13,16,22,25,27H,14-15,17H2,(H,26,28);1H3,(H,3,4)/t22-,24-;/m1./s1. The number of nitrogens with one attached hydrogen (secondary N) is 2. The molecule has 1 fully saturated rings. The van der Waals surface area contributed by atoms with Gasteiger partial charge in [-0.2, -0.15) is 0 Å². The van der Waals surface area contributed by atoms with Crippen molar-refractivity contribution in [2.24, 2.45) is 0 Å². The zero-order valence-electron chi connectivity index (χ0n) is 18.4. The Hall–Kier alpha value is -3.68. The molecule has 1 aliphatic heterocycles. The molecule has 4 rings (SSSR count). The number of carbonyl (C=O) groups is 2. The third-order valence-electron chi connectivity index (χ3n) is 5.30. The molecule has 0 bridgehead atoms. The van der Waals surface area contributed by atoms with E-state index in [0.29, 0.717) is 36.6 Å². The first-order chi connectivity index (χ1) is 15.9. The van der Waals surface area contributed by atoms with E-state index in [9.17, 15) is 9.90 Å². The SMILES string of the molecule is CC(=O)O.O=C(N[C@@]1(c2ccccc2)CCNC[C@H]1O)c1cccc(Oc2ccccc2)c1. The van der Waals surface area contributed by atoms with Gasteiger partial charge in [-0.15, -0.1) is 0 Å². The van der Waals surface area contributed by atoms with Crippen LogP contribution in [0.2, 0.25) is 0 Å². The van der Waals surface area contributed by atoms with Crippen molar-refractivity contribution in [3.8, 4) is 11.5 Å². The fraction of sp³-hybridized carbons (Fsp3) is 0.231. The van der Waals surface area contributed by atoms with Crippen LogP contribution in [0.4, 0.5) is 0 Å². The van der Waals surface area contributed by atoms with Crippen molar-refractivity contribution in [2.45, 2.75) is 25.0 Å². The van der Waals surface area contributed by atoms with Crippen LogP contribution < -0.4 is 15.4 Å². The monoisotopic (exact) mass is 448 g/mol. The lowest BCUT2D eigenvalue weighted by atomic mass is 9.79. The van der Waals surface area contributed by atoms with Crippen LogP contribution in [-0.2, 0) is 10.3 Å². The summed E-state index contributed by atoms with van der Waals surface area (Å²) in [6.07, 6.45) is -0.129. The molecule has 0 aromatic heterocycles. The maximum absolute atomic E-state index is 13.1. The number of rotatable bonds is 5. The third kappa shape index (κ3) is 6.41. The molecule has 1 saturated heterocycles. The Morgan fingerprint density at radius 1 is 0.970 bits per heavy atom. The van der Waals surface area contributed by atoms with Crippen molar-refractivity contribution >= 4 is 11.9 Å². The van der Waals surface area contributed by atoms with E-state index in [1.165, 1.54) is 0 Å².